The normalized spacial score (nSPS) is 12.0. The van der Waals surface area contributed by atoms with Gasteiger partial charge in [-0.1, -0.05) is 12.1 Å². The topological polar surface area (TPSA) is 44.5 Å². The molecule has 1 atom stereocenters. The molecule has 0 saturated heterocycles. The fraction of sp³-hybridized carbons (Fsp3) is 0.250. The van der Waals surface area contributed by atoms with Crippen molar-refractivity contribution >= 4 is 0 Å². The highest BCUT2D eigenvalue weighted by Crippen LogP contribution is 2.30. The van der Waals surface area contributed by atoms with Gasteiger partial charge < -0.3 is 15.2 Å². The molecule has 0 fully saturated rings. The first-order chi connectivity index (χ1) is 9.63. The van der Waals surface area contributed by atoms with Crippen LogP contribution in [0, 0.1) is 5.82 Å². The van der Waals surface area contributed by atoms with Crippen molar-refractivity contribution in [2.45, 2.75) is 12.5 Å². The molecule has 0 saturated carbocycles. The van der Waals surface area contributed by atoms with Gasteiger partial charge in [0.1, 0.15) is 17.3 Å². The first kappa shape index (κ1) is 14.3. The Balaban J connectivity index is 2.23. The van der Waals surface area contributed by atoms with Gasteiger partial charge in [-0.25, -0.2) is 4.39 Å². The zero-order valence-corrected chi connectivity index (χ0v) is 11.6. The molecule has 4 heteroatoms. The number of methoxy groups -OCH3 is 2. The highest BCUT2D eigenvalue weighted by atomic mass is 19.1. The van der Waals surface area contributed by atoms with Crippen molar-refractivity contribution in [1.82, 2.24) is 0 Å². The summed E-state index contributed by atoms with van der Waals surface area (Å²) in [6.45, 7) is 0. The van der Waals surface area contributed by atoms with E-state index in [9.17, 15) is 4.39 Å². The molecule has 0 aliphatic heterocycles. The molecule has 0 aliphatic carbocycles. The van der Waals surface area contributed by atoms with E-state index in [0.29, 0.717) is 6.42 Å². The molecule has 2 aromatic carbocycles. The van der Waals surface area contributed by atoms with Gasteiger partial charge in [0, 0.05) is 11.6 Å². The van der Waals surface area contributed by atoms with Crippen molar-refractivity contribution < 1.29 is 13.9 Å². The van der Waals surface area contributed by atoms with Crippen LogP contribution in [0.5, 0.6) is 11.5 Å². The molecule has 0 spiro atoms. The molecule has 0 aromatic heterocycles. The van der Waals surface area contributed by atoms with Crippen molar-refractivity contribution in [1.29, 1.82) is 0 Å². The van der Waals surface area contributed by atoms with E-state index in [4.69, 9.17) is 15.2 Å². The Kier molecular flexibility index (Phi) is 4.58. The maximum atomic E-state index is 12.9. The molecule has 2 N–H and O–H groups in total. The zero-order chi connectivity index (χ0) is 14.5. The largest absolute Gasteiger partial charge is 0.497 e. The lowest BCUT2D eigenvalue weighted by Crippen LogP contribution is -2.14. The van der Waals surface area contributed by atoms with Gasteiger partial charge >= 0.3 is 0 Å². The third-order valence-corrected chi connectivity index (χ3v) is 3.21. The highest BCUT2D eigenvalue weighted by Gasteiger charge is 2.14. The molecule has 0 heterocycles. The summed E-state index contributed by atoms with van der Waals surface area (Å²) in [7, 11) is 3.22. The van der Waals surface area contributed by atoms with Gasteiger partial charge in [0.2, 0.25) is 0 Å². The third kappa shape index (κ3) is 3.27. The lowest BCUT2D eigenvalue weighted by molar-refractivity contribution is 0.395. The Morgan fingerprint density at radius 1 is 1.05 bits per heavy atom. The second kappa shape index (κ2) is 6.39. The van der Waals surface area contributed by atoms with Gasteiger partial charge in [-0.2, -0.15) is 0 Å². The second-order valence-electron chi connectivity index (χ2n) is 4.54. The van der Waals surface area contributed by atoms with Crippen molar-refractivity contribution in [3.05, 3.63) is 59.4 Å². The number of nitrogens with two attached hydrogens (primary N) is 1. The summed E-state index contributed by atoms with van der Waals surface area (Å²) in [4.78, 5) is 0. The van der Waals surface area contributed by atoms with Crippen LogP contribution in [0.25, 0.3) is 0 Å². The summed E-state index contributed by atoms with van der Waals surface area (Å²) >= 11 is 0. The quantitative estimate of drug-likeness (QED) is 0.912. The van der Waals surface area contributed by atoms with E-state index in [1.54, 1.807) is 26.4 Å². The highest BCUT2D eigenvalue weighted by molar-refractivity contribution is 5.42. The molecular weight excluding hydrogens is 257 g/mol. The fourth-order valence-electron chi connectivity index (χ4n) is 2.11. The predicted octanol–water partition coefficient (Wildman–Crippen LogP) is 3.09. The molecule has 3 nitrogen and oxygen atoms in total. The summed E-state index contributed by atoms with van der Waals surface area (Å²) in [6.07, 6.45) is 0.601. The molecule has 0 aliphatic rings. The first-order valence-electron chi connectivity index (χ1n) is 6.36. The molecule has 1 unspecified atom stereocenters. The van der Waals surface area contributed by atoms with Gasteiger partial charge in [-0.05, 0) is 42.3 Å². The SMILES string of the molecule is COc1ccc(OC)c(C(N)Cc2ccc(F)cc2)c1. The van der Waals surface area contributed by atoms with Crippen LogP contribution in [0.3, 0.4) is 0 Å². The summed E-state index contributed by atoms with van der Waals surface area (Å²) < 4.78 is 23.4. The van der Waals surface area contributed by atoms with Crippen LogP contribution in [0.4, 0.5) is 4.39 Å². The number of halogens is 1. The lowest BCUT2D eigenvalue weighted by atomic mass is 9.98. The minimum atomic E-state index is -0.249. The van der Waals surface area contributed by atoms with E-state index >= 15 is 0 Å². The van der Waals surface area contributed by atoms with Crippen LogP contribution in [0.2, 0.25) is 0 Å². The van der Waals surface area contributed by atoms with Crippen LogP contribution in [-0.2, 0) is 6.42 Å². The van der Waals surface area contributed by atoms with Crippen molar-refractivity contribution in [2.75, 3.05) is 14.2 Å². The van der Waals surface area contributed by atoms with Crippen LogP contribution in [0.1, 0.15) is 17.2 Å². The van der Waals surface area contributed by atoms with Crippen molar-refractivity contribution in [3.8, 4) is 11.5 Å². The Bertz CT molecular complexity index is 569. The third-order valence-electron chi connectivity index (χ3n) is 3.21. The van der Waals surface area contributed by atoms with Crippen LogP contribution < -0.4 is 15.2 Å². The van der Waals surface area contributed by atoms with E-state index in [0.717, 1.165) is 22.6 Å². The Hall–Kier alpha value is -2.07. The van der Waals surface area contributed by atoms with Crippen molar-refractivity contribution in [3.63, 3.8) is 0 Å². The van der Waals surface area contributed by atoms with Crippen LogP contribution in [0.15, 0.2) is 42.5 Å². The minimum absolute atomic E-state index is 0.245. The van der Waals surface area contributed by atoms with E-state index in [2.05, 4.69) is 0 Å². The number of rotatable bonds is 5. The van der Waals surface area contributed by atoms with E-state index in [1.807, 2.05) is 18.2 Å². The number of ether oxygens (including phenoxy) is 2. The molecule has 0 bridgehead atoms. The Morgan fingerprint density at radius 3 is 2.35 bits per heavy atom. The monoisotopic (exact) mass is 275 g/mol. The van der Waals surface area contributed by atoms with Crippen LogP contribution in [-0.4, -0.2) is 14.2 Å². The average molecular weight is 275 g/mol. The van der Waals surface area contributed by atoms with Gasteiger partial charge in [-0.3, -0.25) is 0 Å². The fourth-order valence-corrected chi connectivity index (χ4v) is 2.11. The molecule has 2 aromatic rings. The van der Waals surface area contributed by atoms with Gasteiger partial charge in [0.25, 0.3) is 0 Å². The molecular formula is C16H18FNO2. The zero-order valence-electron chi connectivity index (χ0n) is 11.6. The van der Waals surface area contributed by atoms with Gasteiger partial charge in [0.05, 0.1) is 14.2 Å². The number of benzene rings is 2. The Labute approximate surface area is 118 Å². The molecule has 106 valence electrons. The van der Waals surface area contributed by atoms with Crippen LogP contribution >= 0.6 is 0 Å². The average Bonchev–Trinajstić information content (AvgIpc) is 2.48. The molecule has 0 radical (unpaired) electrons. The Morgan fingerprint density at radius 2 is 1.75 bits per heavy atom. The van der Waals surface area contributed by atoms with E-state index < -0.39 is 0 Å². The predicted molar refractivity (Wildman–Crippen MR) is 76.6 cm³/mol. The smallest absolute Gasteiger partial charge is 0.123 e. The first-order valence-corrected chi connectivity index (χ1v) is 6.36. The maximum Gasteiger partial charge on any atom is 0.123 e. The lowest BCUT2D eigenvalue weighted by Gasteiger charge is -2.17. The summed E-state index contributed by atoms with van der Waals surface area (Å²) in [5, 5.41) is 0. The van der Waals surface area contributed by atoms with E-state index in [1.165, 1.54) is 12.1 Å². The van der Waals surface area contributed by atoms with Gasteiger partial charge in [-0.15, -0.1) is 0 Å². The maximum absolute atomic E-state index is 12.9. The minimum Gasteiger partial charge on any atom is -0.497 e. The molecule has 0 amide bonds. The second-order valence-corrected chi connectivity index (χ2v) is 4.54. The van der Waals surface area contributed by atoms with Gasteiger partial charge in [0.15, 0.2) is 0 Å². The standard InChI is InChI=1S/C16H18FNO2/c1-19-13-7-8-16(20-2)14(10-13)15(18)9-11-3-5-12(17)6-4-11/h3-8,10,15H,9,18H2,1-2H3. The molecule has 20 heavy (non-hydrogen) atoms. The van der Waals surface area contributed by atoms with E-state index in [-0.39, 0.29) is 11.9 Å². The number of hydrogen-bond donors (Lipinski definition) is 1. The summed E-state index contributed by atoms with van der Waals surface area (Å²) in [6, 6.07) is 11.6. The summed E-state index contributed by atoms with van der Waals surface area (Å²) in [5.41, 5.74) is 8.08. The molecule has 2 rings (SSSR count). The summed E-state index contributed by atoms with van der Waals surface area (Å²) in [5.74, 6) is 1.21. The number of hydrogen-bond acceptors (Lipinski definition) is 3. The van der Waals surface area contributed by atoms with Crippen molar-refractivity contribution in [2.24, 2.45) is 5.73 Å².